The van der Waals surface area contributed by atoms with Gasteiger partial charge in [-0.05, 0) is 38.0 Å². The summed E-state index contributed by atoms with van der Waals surface area (Å²) in [6.07, 6.45) is -1.76. The number of nitrogens with zero attached hydrogens (tertiary/aromatic N) is 3. The van der Waals surface area contributed by atoms with E-state index in [0.717, 1.165) is 25.0 Å². The van der Waals surface area contributed by atoms with Crippen LogP contribution >= 0.6 is 0 Å². The molecule has 1 aromatic carbocycles. The van der Waals surface area contributed by atoms with Gasteiger partial charge in [0.05, 0.1) is 28.7 Å². The van der Waals surface area contributed by atoms with Crippen LogP contribution in [0.1, 0.15) is 34.5 Å². The van der Waals surface area contributed by atoms with Crippen molar-refractivity contribution in [1.82, 2.24) is 14.7 Å². The molecule has 1 aliphatic rings. The monoisotopic (exact) mass is 367 g/mol. The van der Waals surface area contributed by atoms with E-state index in [-0.39, 0.29) is 17.3 Å². The first-order valence-corrected chi connectivity index (χ1v) is 7.93. The highest BCUT2D eigenvalue weighted by Crippen LogP contribution is 2.31. The average Bonchev–Trinajstić information content (AvgIpc) is 3.33. The number of amides is 1. The molecule has 0 aliphatic heterocycles. The van der Waals surface area contributed by atoms with Gasteiger partial charge in [0, 0.05) is 6.04 Å². The number of alkyl halides is 3. The van der Waals surface area contributed by atoms with Gasteiger partial charge in [0.25, 0.3) is 5.91 Å². The highest BCUT2D eigenvalue weighted by molar-refractivity contribution is 5.97. The summed E-state index contributed by atoms with van der Waals surface area (Å²) in [7, 11) is 0. The summed E-state index contributed by atoms with van der Waals surface area (Å²) in [5.41, 5.74) is -0.114. The van der Waals surface area contributed by atoms with Crippen LogP contribution in [0.3, 0.4) is 0 Å². The standard InChI is InChI=1S/C17H16F3N3O3/c1-10-14(16(26)22(9-15(24)25)12-5-6-12)8-21-23(10)13-4-2-3-11(7-13)17(18,19)20/h2-4,7-8,12H,5-6,9H2,1H3,(H,24,25). The van der Waals surface area contributed by atoms with Crippen molar-refractivity contribution in [2.24, 2.45) is 0 Å². The van der Waals surface area contributed by atoms with Gasteiger partial charge in [-0.1, -0.05) is 6.07 Å². The van der Waals surface area contributed by atoms with Crippen molar-refractivity contribution in [2.75, 3.05) is 6.54 Å². The minimum absolute atomic E-state index is 0.116. The average molecular weight is 367 g/mol. The molecular weight excluding hydrogens is 351 g/mol. The number of hydrogen-bond acceptors (Lipinski definition) is 3. The summed E-state index contributed by atoms with van der Waals surface area (Å²) < 4.78 is 39.9. The van der Waals surface area contributed by atoms with Crippen LogP contribution in [0.5, 0.6) is 0 Å². The summed E-state index contributed by atoms with van der Waals surface area (Å²) in [5, 5.41) is 13.0. The Bertz CT molecular complexity index is 856. The molecule has 9 heteroatoms. The fourth-order valence-corrected chi connectivity index (χ4v) is 2.75. The number of carbonyl (C=O) groups is 2. The molecule has 3 rings (SSSR count). The van der Waals surface area contributed by atoms with E-state index in [1.54, 1.807) is 6.92 Å². The van der Waals surface area contributed by atoms with Gasteiger partial charge >= 0.3 is 12.1 Å². The molecule has 0 unspecified atom stereocenters. The number of carbonyl (C=O) groups excluding carboxylic acids is 1. The minimum atomic E-state index is -4.49. The lowest BCUT2D eigenvalue weighted by Crippen LogP contribution is -2.37. The van der Waals surface area contributed by atoms with Crippen LogP contribution in [-0.2, 0) is 11.0 Å². The second-order valence-corrected chi connectivity index (χ2v) is 6.16. The molecule has 1 aromatic heterocycles. The van der Waals surface area contributed by atoms with Crippen LogP contribution in [0.4, 0.5) is 13.2 Å². The highest BCUT2D eigenvalue weighted by Gasteiger charge is 2.36. The minimum Gasteiger partial charge on any atom is -0.480 e. The third-order valence-electron chi connectivity index (χ3n) is 4.21. The van der Waals surface area contributed by atoms with E-state index < -0.39 is 30.2 Å². The Hall–Kier alpha value is -2.84. The van der Waals surface area contributed by atoms with E-state index >= 15 is 0 Å². The van der Waals surface area contributed by atoms with Crippen LogP contribution in [0, 0.1) is 6.92 Å². The van der Waals surface area contributed by atoms with Crippen molar-refractivity contribution in [3.8, 4) is 5.69 Å². The number of carboxylic acid groups (broad SMARTS) is 1. The third kappa shape index (κ3) is 3.56. The van der Waals surface area contributed by atoms with Gasteiger partial charge in [-0.3, -0.25) is 9.59 Å². The molecule has 1 aliphatic carbocycles. The van der Waals surface area contributed by atoms with Crippen molar-refractivity contribution in [3.63, 3.8) is 0 Å². The zero-order valence-electron chi connectivity index (χ0n) is 13.8. The maximum Gasteiger partial charge on any atom is 0.416 e. The quantitative estimate of drug-likeness (QED) is 0.882. The van der Waals surface area contributed by atoms with Crippen molar-refractivity contribution in [2.45, 2.75) is 32.0 Å². The smallest absolute Gasteiger partial charge is 0.416 e. The zero-order valence-corrected chi connectivity index (χ0v) is 13.8. The lowest BCUT2D eigenvalue weighted by molar-refractivity contribution is -0.138. The van der Waals surface area contributed by atoms with Gasteiger partial charge in [0.15, 0.2) is 0 Å². The van der Waals surface area contributed by atoms with Gasteiger partial charge in [0.1, 0.15) is 6.54 Å². The number of aromatic nitrogens is 2. The van der Waals surface area contributed by atoms with E-state index in [2.05, 4.69) is 5.10 Å². The Morgan fingerprint density at radius 1 is 1.35 bits per heavy atom. The predicted molar refractivity (Wildman–Crippen MR) is 85.0 cm³/mol. The van der Waals surface area contributed by atoms with Crippen LogP contribution in [0.2, 0.25) is 0 Å². The SMILES string of the molecule is Cc1c(C(=O)N(CC(=O)O)C2CC2)cnn1-c1cccc(C(F)(F)F)c1. The first-order chi connectivity index (χ1) is 12.2. The number of carboxylic acids is 1. The Balaban J connectivity index is 1.93. The number of halogens is 3. The molecule has 0 radical (unpaired) electrons. The molecule has 0 atom stereocenters. The molecule has 1 fully saturated rings. The Morgan fingerprint density at radius 3 is 2.62 bits per heavy atom. The fraction of sp³-hybridized carbons (Fsp3) is 0.353. The van der Waals surface area contributed by atoms with Crippen molar-refractivity contribution in [1.29, 1.82) is 0 Å². The van der Waals surface area contributed by atoms with E-state index in [9.17, 15) is 22.8 Å². The predicted octanol–water partition coefficient (Wildman–Crippen LogP) is 2.89. The van der Waals surface area contributed by atoms with E-state index in [4.69, 9.17) is 5.11 Å². The summed E-state index contributed by atoms with van der Waals surface area (Å²) in [6.45, 7) is 1.14. The molecule has 1 N–H and O–H groups in total. The molecule has 0 saturated heterocycles. The van der Waals surface area contributed by atoms with Crippen molar-refractivity contribution < 1.29 is 27.9 Å². The Kier molecular flexibility index (Phi) is 4.47. The zero-order chi connectivity index (χ0) is 19.1. The molecule has 6 nitrogen and oxygen atoms in total. The molecule has 1 heterocycles. The maximum atomic E-state index is 12.9. The number of aliphatic carboxylic acids is 1. The second kappa shape index (κ2) is 6.47. The van der Waals surface area contributed by atoms with Gasteiger partial charge in [-0.15, -0.1) is 0 Å². The van der Waals surface area contributed by atoms with E-state index in [1.165, 1.54) is 27.9 Å². The normalized spacial score (nSPS) is 14.3. The second-order valence-electron chi connectivity index (χ2n) is 6.16. The Labute approximate surface area is 146 Å². The molecule has 0 spiro atoms. The van der Waals surface area contributed by atoms with Crippen LogP contribution in [0.25, 0.3) is 5.69 Å². The molecule has 1 amide bonds. The number of hydrogen-bond donors (Lipinski definition) is 1. The molecule has 138 valence electrons. The summed E-state index contributed by atoms with van der Waals surface area (Å²) in [4.78, 5) is 24.9. The van der Waals surface area contributed by atoms with E-state index in [1.807, 2.05) is 0 Å². The van der Waals surface area contributed by atoms with Crippen molar-refractivity contribution in [3.05, 3.63) is 47.3 Å². The Morgan fingerprint density at radius 2 is 2.04 bits per heavy atom. The third-order valence-corrected chi connectivity index (χ3v) is 4.21. The van der Waals surface area contributed by atoms with Crippen LogP contribution in [0.15, 0.2) is 30.5 Å². The first kappa shape index (κ1) is 18.0. The van der Waals surface area contributed by atoms with Gasteiger partial charge < -0.3 is 10.0 Å². The maximum absolute atomic E-state index is 12.9. The number of rotatable bonds is 5. The summed E-state index contributed by atoms with van der Waals surface area (Å²) >= 11 is 0. The number of benzene rings is 1. The lowest BCUT2D eigenvalue weighted by atomic mass is 10.2. The fourth-order valence-electron chi connectivity index (χ4n) is 2.75. The van der Waals surface area contributed by atoms with Crippen LogP contribution < -0.4 is 0 Å². The van der Waals surface area contributed by atoms with Gasteiger partial charge in [0.2, 0.25) is 0 Å². The van der Waals surface area contributed by atoms with E-state index in [0.29, 0.717) is 5.69 Å². The summed E-state index contributed by atoms with van der Waals surface area (Å²) in [5.74, 6) is -1.60. The highest BCUT2D eigenvalue weighted by atomic mass is 19.4. The van der Waals surface area contributed by atoms with Gasteiger partial charge in [-0.25, -0.2) is 4.68 Å². The molecule has 0 bridgehead atoms. The molecule has 2 aromatic rings. The largest absolute Gasteiger partial charge is 0.480 e. The molecular formula is C17H16F3N3O3. The molecule has 26 heavy (non-hydrogen) atoms. The first-order valence-electron chi connectivity index (χ1n) is 7.93. The summed E-state index contributed by atoms with van der Waals surface area (Å²) in [6, 6.07) is 4.51. The lowest BCUT2D eigenvalue weighted by Gasteiger charge is -2.20. The molecule has 1 saturated carbocycles. The van der Waals surface area contributed by atoms with Gasteiger partial charge in [-0.2, -0.15) is 18.3 Å². The topological polar surface area (TPSA) is 75.4 Å². The van der Waals surface area contributed by atoms with Crippen molar-refractivity contribution >= 4 is 11.9 Å². The van der Waals surface area contributed by atoms with Crippen LogP contribution in [-0.4, -0.2) is 44.3 Å².